The van der Waals surface area contributed by atoms with E-state index in [1.807, 2.05) is 0 Å². The molecule has 0 aromatic rings. The van der Waals surface area contributed by atoms with E-state index >= 15 is 0 Å². The number of nitrogens with zero attached hydrogens (tertiary/aromatic N) is 3. The second kappa shape index (κ2) is 18.7. The molecule has 0 aromatic carbocycles. The zero-order chi connectivity index (χ0) is 30.1. The van der Waals surface area contributed by atoms with Crippen LogP contribution in [0.4, 0.5) is 0 Å². The molecule has 1 saturated heterocycles. The summed E-state index contributed by atoms with van der Waals surface area (Å²) in [5.41, 5.74) is 8.30. The Labute approximate surface area is 230 Å². The van der Waals surface area contributed by atoms with Crippen molar-refractivity contribution in [3.05, 3.63) is 10.4 Å². The molecule has 1 aliphatic rings. The van der Waals surface area contributed by atoms with Gasteiger partial charge in [-0.25, -0.2) is 0 Å². The van der Waals surface area contributed by atoms with Gasteiger partial charge in [-0.2, -0.15) is 0 Å². The fourth-order valence-electron chi connectivity index (χ4n) is 3.44. The highest BCUT2D eigenvalue weighted by molar-refractivity contribution is 5.70. The van der Waals surface area contributed by atoms with E-state index in [9.17, 15) is 24.0 Å². The Morgan fingerprint density at radius 2 is 1.48 bits per heavy atom. The Morgan fingerprint density at radius 3 is 2.05 bits per heavy atom. The molecule has 0 aliphatic carbocycles. The summed E-state index contributed by atoms with van der Waals surface area (Å²) in [5.74, 6) is -3.80. The molecule has 0 amide bonds. The van der Waals surface area contributed by atoms with E-state index in [-0.39, 0.29) is 33.0 Å². The lowest BCUT2D eigenvalue weighted by molar-refractivity contribution is -0.340. The minimum absolute atomic E-state index is 0.0300. The van der Waals surface area contributed by atoms with Crippen LogP contribution in [0.3, 0.4) is 0 Å². The lowest BCUT2D eigenvalue weighted by Crippen LogP contribution is -2.63. The van der Waals surface area contributed by atoms with Gasteiger partial charge in [-0.1, -0.05) is 5.11 Å². The SMILES string of the molecule is CCOC(=O)CC(OCCOCCN=[N+]=[N-])O[C@H]1O[C@H](COC(C)=O)[C@H](OC(C)=O)[C@H](OC(C)=O)[C@H]1OC(C)=O. The second-order valence-corrected chi connectivity index (χ2v) is 8.08. The number of carbonyl (C=O) groups is 5. The summed E-state index contributed by atoms with van der Waals surface area (Å²) in [5, 5.41) is 3.33. The maximum absolute atomic E-state index is 12.2. The van der Waals surface area contributed by atoms with Crippen molar-refractivity contribution in [2.24, 2.45) is 5.11 Å². The van der Waals surface area contributed by atoms with Gasteiger partial charge in [-0.05, 0) is 12.5 Å². The lowest BCUT2D eigenvalue weighted by Gasteiger charge is -2.44. The summed E-state index contributed by atoms with van der Waals surface area (Å²) >= 11 is 0. The van der Waals surface area contributed by atoms with Crippen LogP contribution < -0.4 is 0 Å². The average molecular weight is 578 g/mol. The van der Waals surface area contributed by atoms with Gasteiger partial charge in [0.05, 0.1) is 32.8 Å². The van der Waals surface area contributed by atoms with E-state index in [4.69, 9.17) is 48.2 Å². The summed E-state index contributed by atoms with van der Waals surface area (Å²) in [4.78, 5) is 62.1. The monoisotopic (exact) mass is 577 g/mol. The van der Waals surface area contributed by atoms with E-state index in [1.165, 1.54) is 0 Å². The van der Waals surface area contributed by atoms with Gasteiger partial charge in [0.1, 0.15) is 12.7 Å². The molecule has 1 fully saturated rings. The van der Waals surface area contributed by atoms with Crippen LogP contribution in [0.2, 0.25) is 0 Å². The quantitative estimate of drug-likeness (QED) is 0.0442. The summed E-state index contributed by atoms with van der Waals surface area (Å²) in [6, 6.07) is 0. The molecule has 0 radical (unpaired) electrons. The van der Waals surface area contributed by atoms with Crippen LogP contribution in [0, 0.1) is 0 Å². The summed E-state index contributed by atoms with van der Waals surface area (Å²) in [7, 11) is 0. The minimum Gasteiger partial charge on any atom is -0.466 e. The molecule has 0 bridgehead atoms. The van der Waals surface area contributed by atoms with Gasteiger partial charge in [-0.15, -0.1) is 0 Å². The van der Waals surface area contributed by atoms with Crippen LogP contribution in [-0.2, 0) is 66.6 Å². The molecule has 1 rings (SSSR count). The highest BCUT2D eigenvalue weighted by Crippen LogP contribution is 2.31. The van der Waals surface area contributed by atoms with Gasteiger partial charge in [0.15, 0.2) is 24.6 Å². The predicted octanol–water partition coefficient (Wildman–Crippen LogP) is 0.709. The molecule has 0 N–H and O–H groups in total. The molecule has 1 unspecified atom stereocenters. The van der Waals surface area contributed by atoms with E-state index < -0.39 is 79.9 Å². The van der Waals surface area contributed by atoms with Gasteiger partial charge in [-0.3, -0.25) is 24.0 Å². The second-order valence-electron chi connectivity index (χ2n) is 8.08. The first kappa shape index (κ1) is 34.5. The molecule has 0 aromatic heterocycles. The molecular formula is C23H35N3O14. The topological polar surface area (TPSA) is 217 Å². The third-order valence-electron chi connectivity index (χ3n) is 4.80. The number of ether oxygens (including phenoxy) is 9. The molecule has 1 heterocycles. The number of carbonyl (C=O) groups excluding carboxylic acids is 5. The maximum atomic E-state index is 12.2. The fraction of sp³-hybridized carbons (Fsp3) is 0.783. The molecule has 0 saturated carbocycles. The maximum Gasteiger partial charge on any atom is 0.310 e. The third-order valence-corrected chi connectivity index (χ3v) is 4.80. The fourth-order valence-corrected chi connectivity index (χ4v) is 3.44. The van der Waals surface area contributed by atoms with E-state index in [0.717, 1.165) is 27.7 Å². The van der Waals surface area contributed by atoms with Gasteiger partial charge < -0.3 is 42.6 Å². The van der Waals surface area contributed by atoms with E-state index in [2.05, 4.69) is 10.0 Å². The van der Waals surface area contributed by atoms with Crippen LogP contribution >= 0.6 is 0 Å². The molecule has 40 heavy (non-hydrogen) atoms. The standard InChI is InChI=1S/C23H35N3O14/c1-6-33-18(31)11-19(34-10-9-32-8-7-25-26-24)40-23-22(38-16(5)30)21(37-15(4)29)20(36-14(3)28)17(39-23)12-35-13(2)27/h17,19-23H,6-12H2,1-5H3/t17-,19?,20+,21+,22-,23-/m1/s1. The summed E-state index contributed by atoms with van der Waals surface area (Å²) < 4.78 is 48.6. The van der Waals surface area contributed by atoms with Crippen LogP contribution in [0.25, 0.3) is 10.4 Å². The van der Waals surface area contributed by atoms with Crippen LogP contribution in [0.1, 0.15) is 41.0 Å². The molecule has 17 heteroatoms. The summed E-state index contributed by atoms with van der Waals surface area (Å²) in [6.45, 7) is 5.77. The Balaban J connectivity index is 3.27. The smallest absolute Gasteiger partial charge is 0.310 e. The molecular weight excluding hydrogens is 542 g/mol. The Hall–Kier alpha value is -3.50. The zero-order valence-electron chi connectivity index (χ0n) is 23.0. The Morgan fingerprint density at radius 1 is 0.850 bits per heavy atom. The number of hydrogen-bond donors (Lipinski definition) is 0. The highest BCUT2D eigenvalue weighted by Gasteiger charge is 2.53. The van der Waals surface area contributed by atoms with Crippen LogP contribution in [0.15, 0.2) is 5.11 Å². The zero-order valence-corrected chi connectivity index (χ0v) is 23.0. The minimum atomic E-state index is -1.56. The first-order valence-corrected chi connectivity index (χ1v) is 12.3. The van der Waals surface area contributed by atoms with Crippen molar-refractivity contribution in [3.63, 3.8) is 0 Å². The van der Waals surface area contributed by atoms with Crippen molar-refractivity contribution in [1.29, 1.82) is 0 Å². The number of azide groups is 1. The van der Waals surface area contributed by atoms with Crippen molar-refractivity contribution in [2.75, 3.05) is 39.6 Å². The van der Waals surface area contributed by atoms with Crippen molar-refractivity contribution < 1.29 is 66.6 Å². The van der Waals surface area contributed by atoms with Gasteiger partial charge >= 0.3 is 29.8 Å². The van der Waals surface area contributed by atoms with Crippen molar-refractivity contribution in [1.82, 2.24) is 0 Å². The van der Waals surface area contributed by atoms with Crippen molar-refractivity contribution in [3.8, 4) is 0 Å². The number of esters is 5. The number of rotatable bonds is 17. The van der Waals surface area contributed by atoms with Crippen molar-refractivity contribution in [2.45, 2.75) is 78.0 Å². The van der Waals surface area contributed by atoms with Crippen molar-refractivity contribution >= 4 is 29.8 Å². The van der Waals surface area contributed by atoms with E-state index in [1.54, 1.807) is 6.92 Å². The average Bonchev–Trinajstić information content (AvgIpc) is 2.85. The predicted molar refractivity (Wildman–Crippen MR) is 129 cm³/mol. The summed E-state index contributed by atoms with van der Waals surface area (Å²) in [6.07, 6.45) is -8.93. The molecule has 6 atom stereocenters. The first-order valence-electron chi connectivity index (χ1n) is 12.3. The normalized spacial score (nSPS) is 22.7. The molecule has 17 nitrogen and oxygen atoms in total. The van der Waals surface area contributed by atoms with Gasteiger partial charge in [0.25, 0.3) is 0 Å². The molecule has 0 spiro atoms. The third kappa shape index (κ3) is 13.5. The molecule has 1 aliphatic heterocycles. The first-order chi connectivity index (χ1) is 19.0. The van der Waals surface area contributed by atoms with Crippen LogP contribution in [-0.4, -0.2) is 106 Å². The largest absolute Gasteiger partial charge is 0.466 e. The van der Waals surface area contributed by atoms with Gasteiger partial charge in [0.2, 0.25) is 6.29 Å². The van der Waals surface area contributed by atoms with Gasteiger partial charge in [0, 0.05) is 39.2 Å². The molecule has 226 valence electrons. The lowest BCUT2D eigenvalue weighted by atomic mass is 9.98. The van der Waals surface area contributed by atoms with Crippen LogP contribution in [0.5, 0.6) is 0 Å². The Kier molecular flexibility index (Phi) is 16.2. The highest BCUT2D eigenvalue weighted by atomic mass is 16.8. The van der Waals surface area contributed by atoms with E-state index in [0.29, 0.717) is 0 Å². The number of hydrogen-bond acceptors (Lipinski definition) is 15. The Bertz CT molecular complexity index is 909.